The quantitative estimate of drug-likeness (QED) is 0.0307. The second kappa shape index (κ2) is 31.6. The summed E-state index contributed by atoms with van der Waals surface area (Å²) in [5.74, 6) is -15.4. The van der Waals surface area contributed by atoms with E-state index in [1.165, 1.54) is 11.8 Å². The van der Waals surface area contributed by atoms with Gasteiger partial charge in [0, 0.05) is 18.7 Å². The van der Waals surface area contributed by atoms with Crippen LogP contribution in [-0.4, -0.2) is 202 Å². The molecule has 30 nitrogen and oxygen atoms in total. The lowest BCUT2D eigenvalue weighted by molar-refractivity contribution is -0.144. The number of aliphatic carboxylic acids is 3. The van der Waals surface area contributed by atoms with Gasteiger partial charge in [-0.15, -0.1) is 0 Å². The number of rotatable bonds is 31. The molecule has 16 N–H and O–H groups in total. The van der Waals surface area contributed by atoms with Gasteiger partial charge in [0.25, 0.3) is 0 Å². The van der Waals surface area contributed by atoms with Crippen molar-refractivity contribution in [2.45, 2.75) is 101 Å². The molecule has 1 aromatic carbocycles. The van der Waals surface area contributed by atoms with E-state index in [0.29, 0.717) is 12.0 Å². The minimum absolute atomic E-state index is 0.00346. The van der Waals surface area contributed by atoms with Crippen molar-refractivity contribution < 1.29 is 87.5 Å². The van der Waals surface area contributed by atoms with Gasteiger partial charge in [0.1, 0.15) is 42.3 Å². The first-order valence-electron chi connectivity index (χ1n) is 23.1. The predicted molar refractivity (Wildman–Crippen MR) is 260 cm³/mol. The summed E-state index contributed by atoms with van der Waals surface area (Å²) < 4.78 is 0. The average molecular weight is 1080 g/mol. The smallest absolute Gasteiger partial charge is 0.326 e. The molecule has 1 fully saturated rings. The molecule has 0 aromatic heterocycles. The van der Waals surface area contributed by atoms with Gasteiger partial charge in [-0.2, -0.15) is 12.6 Å². The van der Waals surface area contributed by atoms with Gasteiger partial charge in [0.05, 0.1) is 51.7 Å². The Bertz CT molecular complexity index is 2270. The topological polar surface area (TPSA) is 469 Å². The van der Waals surface area contributed by atoms with Crippen LogP contribution in [0.4, 0.5) is 0 Å². The highest BCUT2D eigenvalue weighted by atomic mass is 32.1. The van der Waals surface area contributed by atoms with Crippen LogP contribution in [0.15, 0.2) is 30.3 Å². The van der Waals surface area contributed by atoms with Gasteiger partial charge in [0.2, 0.25) is 65.0 Å². The van der Waals surface area contributed by atoms with E-state index in [1.807, 2.05) is 10.6 Å². The number of carbonyl (C=O) groups excluding carboxylic acids is 11. The Morgan fingerprint density at radius 1 is 0.613 bits per heavy atom. The molecule has 1 aliphatic rings. The largest absolute Gasteiger partial charge is 0.481 e. The number of aliphatic hydroxyl groups is 1. The molecule has 0 aliphatic carbocycles. The first-order valence-corrected chi connectivity index (χ1v) is 23.8. The zero-order chi connectivity index (χ0) is 56.5. The molecule has 0 spiro atoms. The molecule has 31 heteroatoms. The van der Waals surface area contributed by atoms with Crippen molar-refractivity contribution in [1.82, 2.24) is 58.1 Å². The first kappa shape index (κ1) is 63.2. The number of aliphatic hydroxyl groups excluding tert-OH is 1. The Labute approximate surface area is 433 Å². The number of nitrogens with one attached hydrogen (secondary N) is 10. The van der Waals surface area contributed by atoms with Gasteiger partial charge in [-0.1, -0.05) is 44.2 Å². The number of carboxylic acid groups (broad SMARTS) is 3. The molecule has 1 aromatic rings. The minimum Gasteiger partial charge on any atom is -0.481 e. The molecule has 1 heterocycles. The zero-order valence-electron chi connectivity index (χ0n) is 41.0. The van der Waals surface area contributed by atoms with Crippen LogP contribution in [0.25, 0.3) is 0 Å². The molecule has 0 radical (unpaired) electrons. The van der Waals surface area contributed by atoms with Gasteiger partial charge in [-0.25, -0.2) is 4.79 Å². The molecule has 414 valence electrons. The van der Waals surface area contributed by atoms with Crippen molar-refractivity contribution in [3.8, 4) is 0 Å². The second-order valence-electron chi connectivity index (χ2n) is 17.2. The third-order valence-corrected chi connectivity index (χ3v) is 11.3. The van der Waals surface area contributed by atoms with E-state index in [2.05, 4.69) is 55.2 Å². The number of nitrogens with two attached hydrogens (primary N) is 1. The number of nitrogens with zero attached hydrogens (tertiary/aromatic N) is 1. The third kappa shape index (κ3) is 22.4. The number of likely N-dealkylation sites (tertiary alicyclic amines) is 1. The maximum atomic E-state index is 13.6. The molecule has 0 unspecified atom stereocenters. The molecule has 75 heavy (non-hydrogen) atoms. The molecule has 0 bridgehead atoms. The molecule has 0 saturated carbocycles. The van der Waals surface area contributed by atoms with Crippen molar-refractivity contribution in [2.75, 3.05) is 45.1 Å². The number of carbonyl (C=O) groups is 14. The minimum atomic E-state index is -1.89. The fourth-order valence-electron chi connectivity index (χ4n) is 6.85. The van der Waals surface area contributed by atoms with Gasteiger partial charge >= 0.3 is 17.9 Å². The summed E-state index contributed by atoms with van der Waals surface area (Å²) in [5, 5.41) is 59.9. The Hall–Kier alpha value is -7.93. The van der Waals surface area contributed by atoms with E-state index in [9.17, 15) is 82.4 Å². The molecule has 1 saturated heterocycles. The highest BCUT2D eigenvalue weighted by Gasteiger charge is 2.37. The lowest BCUT2D eigenvalue weighted by atomic mass is 10.0. The van der Waals surface area contributed by atoms with E-state index in [1.54, 1.807) is 44.2 Å². The van der Waals surface area contributed by atoms with Crippen molar-refractivity contribution >= 4 is 95.5 Å². The van der Waals surface area contributed by atoms with Crippen LogP contribution in [0.5, 0.6) is 0 Å². The fraction of sp³-hybridized carbons (Fsp3) is 0.545. The van der Waals surface area contributed by atoms with Gasteiger partial charge in [-0.3, -0.25) is 62.3 Å². The first-order chi connectivity index (χ1) is 35.3. The number of benzene rings is 1. The van der Waals surface area contributed by atoms with Crippen molar-refractivity contribution in [3.05, 3.63) is 35.9 Å². The molecule has 11 amide bonds. The maximum Gasteiger partial charge on any atom is 0.326 e. The van der Waals surface area contributed by atoms with Crippen LogP contribution >= 0.6 is 12.6 Å². The van der Waals surface area contributed by atoms with Gasteiger partial charge in [-0.05, 0) is 31.2 Å². The SMILES string of the molecule is CC(C)[C@H](NC(=O)[C@H](Cc1ccccc1)NC(=O)[C@@H]1CCCN1C(=O)CNC(=O)CNC(=O)[C@H](CO)NC(=O)[C@H](CC(=O)O)NC(=O)CNC(=O)CNC(=O)[C@H](CS)NC(=O)[C@H](C)NC(=O)[C@@H](N)CC(=O)O)C(=O)O. The van der Waals surface area contributed by atoms with E-state index in [4.69, 9.17) is 10.8 Å². The summed E-state index contributed by atoms with van der Waals surface area (Å²) >= 11 is 3.98. The van der Waals surface area contributed by atoms with E-state index in [-0.39, 0.29) is 25.1 Å². The van der Waals surface area contributed by atoms with Crippen molar-refractivity contribution in [3.63, 3.8) is 0 Å². The van der Waals surface area contributed by atoms with Crippen molar-refractivity contribution in [2.24, 2.45) is 11.7 Å². The Morgan fingerprint density at radius 3 is 1.71 bits per heavy atom. The van der Waals surface area contributed by atoms with Crippen LogP contribution in [0.2, 0.25) is 0 Å². The highest BCUT2D eigenvalue weighted by Crippen LogP contribution is 2.18. The summed E-state index contributed by atoms with van der Waals surface area (Å²) in [7, 11) is 0. The summed E-state index contributed by atoms with van der Waals surface area (Å²) in [6, 6.07) is -2.71. The van der Waals surface area contributed by atoms with Crippen LogP contribution in [0, 0.1) is 5.92 Å². The molecular formula is C44H64N12O18S. The standard InChI is InChI=1S/C44H64N12O18S/c1-21(2)36(44(73)74)55-42(71)25(12-23-8-5-4-6-9-23)52-43(72)29-10-7-11-56(29)33(61)18-47-31(59)16-48-39(68)27(19-57)53-41(70)26(14-35(64)65)51-32(60)17-46-30(58)15-49-40(69)28(20-75)54-37(66)22(3)50-38(67)24(45)13-34(62)63/h4-6,8-9,21-22,24-29,36,57,75H,7,10-20,45H2,1-3H3,(H,46,58)(H,47,59)(H,48,68)(H,49,69)(H,50,67)(H,51,60)(H,52,72)(H,53,70)(H,54,66)(H,55,71)(H,62,63)(H,64,65)(H,73,74)/t22-,24-,25-,26-,27-,28-,29-,36-/m0/s1. The van der Waals surface area contributed by atoms with E-state index in [0.717, 1.165) is 0 Å². The van der Waals surface area contributed by atoms with Gasteiger partial charge in [0.15, 0.2) is 0 Å². The molecule has 2 rings (SSSR count). The Morgan fingerprint density at radius 2 is 1.16 bits per heavy atom. The zero-order valence-corrected chi connectivity index (χ0v) is 41.9. The molecular weight excluding hydrogens is 1020 g/mol. The number of hydrogen-bond donors (Lipinski definition) is 16. The van der Waals surface area contributed by atoms with Crippen molar-refractivity contribution in [1.29, 1.82) is 0 Å². The van der Waals surface area contributed by atoms with Crippen LogP contribution in [0.3, 0.4) is 0 Å². The monoisotopic (exact) mass is 1080 g/mol. The Balaban J connectivity index is 1.90. The van der Waals surface area contributed by atoms with Crippen LogP contribution < -0.4 is 58.9 Å². The Kier molecular flexibility index (Phi) is 26.6. The fourth-order valence-corrected chi connectivity index (χ4v) is 7.10. The summed E-state index contributed by atoms with van der Waals surface area (Å²) in [6.45, 7) is 0.349. The lowest BCUT2D eigenvalue weighted by Crippen LogP contribution is -2.57. The number of thiol groups is 1. The second-order valence-corrected chi connectivity index (χ2v) is 17.6. The summed E-state index contributed by atoms with van der Waals surface area (Å²) in [4.78, 5) is 176. The van der Waals surface area contributed by atoms with E-state index < -0.39 is 183 Å². The number of hydrogen-bond acceptors (Lipinski definition) is 17. The number of carboxylic acids is 3. The number of amides is 11. The third-order valence-electron chi connectivity index (χ3n) is 10.9. The van der Waals surface area contributed by atoms with Gasteiger partial charge < -0.3 is 84.2 Å². The van der Waals surface area contributed by atoms with E-state index >= 15 is 0 Å². The average Bonchev–Trinajstić information content (AvgIpc) is 3.85. The highest BCUT2D eigenvalue weighted by molar-refractivity contribution is 7.80. The molecule has 1 aliphatic heterocycles. The molecule has 8 atom stereocenters. The predicted octanol–water partition coefficient (Wildman–Crippen LogP) is -7.45. The van der Waals surface area contributed by atoms with Crippen LogP contribution in [-0.2, 0) is 73.5 Å². The lowest BCUT2D eigenvalue weighted by Gasteiger charge is -2.27. The summed E-state index contributed by atoms with van der Waals surface area (Å²) in [6.07, 6.45) is -1.19. The maximum absolute atomic E-state index is 13.6. The summed E-state index contributed by atoms with van der Waals surface area (Å²) in [5.41, 5.74) is 6.12. The normalized spacial score (nSPS) is 15.6. The van der Waals surface area contributed by atoms with Crippen LogP contribution in [0.1, 0.15) is 52.0 Å².